The first kappa shape index (κ1) is 13.6. The molecule has 2 heterocycles. The number of aryl methyl sites for hydroxylation is 3. The van der Waals surface area contributed by atoms with Gasteiger partial charge in [-0.2, -0.15) is 0 Å². The monoisotopic (exact) mass is 281 g/mol. The average Bonchev–Trinajstić information content (AvgIpc) is 2.91. The lowest BCUT2D eigenvalue weighted by Crippen LogP contribution is -2.09. The quantitative estimate of drug-likeness (QED) is 0.786. The van der Waals surface area contributed by atoms with E-state index in [9.17, 15) is 4.79 Å². The first-order valence-corrected chi connectivity index (χ1v) is 6.77. The zero-order valence-electron chi connectivity index (χ0n) is 10.8. The lowest BCUT2D eigenvalue weighted by molar-refractivity contribution is -0.133. The molecule has 0 saturated heterocycles. The van der Waals surface area contributed by atoms with Gasteiger partial charge in [0.05, 0.1) is 5.75 Å². The molecule has 102 valence electrons. The van der Waals surface area contributed by atoms with E-state index in [4.69, 9.17) is 5.11 Å². The molecule has 0 fully saturated rings. The summed E-state index contributed by atoms with van der Waals surface area (Å²) >= 11 is 1.18. The van der Waals surface area contributed by atoms with Crippen LogP contribution in [0.15, 0.2) is 17.6 Å². The number of imidazole rings is 1. The number of carboxylic acids is 1. The van der Waals surface area contributed by atoms with Crippen LogP contribution in [0.5, 0.6) is 0 Å². The minimum absolute atomic E-state index is 0.0134. The Morgan fingerprint density at radius 1 is 1.47 bits per heavy atom. The van der Waals surface area contributed by atoms with Gasteiger partial charge in [0.15, 0.2) is 5.16 Å². The number of hydrogen-bond acceptors (Lipinski definition) is 5. The lowest BCUT2D eigenvalue weighted by Gasteiger charge is -2.07. The summed E-state index contributed by atoms with van der Waals surface area (Å²) in [6.45, 7) is 2.54. The minimum Gasteiger partial charge on any atom is -0.481 e. The fourth-order valence-electron chi connectivity index (χ4n) is 1.70. The summed E-state index contributed by atoms with van der Waals surface area (Å²) < 4.78 is 3.88. The van der Waals surface area contributed by atoms with Crippen molar-refractivity contribution >= 4 is 17.7 Å². The van der Waals surface area contributed by atoms with Crippen LogP contribution in [0.2, 0.25) is 0 Å². The highest BCUT2D eigenvalue weighted by molar-refractivity contribution is 7.99. The predicted octanol–water partition coefficient (Wildman–Crippen LogP) is 0.739. The molecular weight excluding hydrogens is 266 g/mol. The predicted molar refractivity (Wildman–Crippen MR) is 70.0 cm³/mol. The molecule has 7 nitrogen and oxygen atoms in total. The van der Waals surface area contributed by atoms with Gasteiger partial charge in [0.1, 0.15) is 11.6 Å². The van der Waals surface area contributed by atoms with Crippen LogP contribution in [0.4, 0.5) is 0 Å². The van der Waals surface area contributed by atoms with E-state index in [1.165, 1.54) is 11.8 Å². The standard InChI is InChI=1S/C11H15N5O2S/c1-8-13-14-11(19-7-10(17)18)16(8)5-3-9-12-4-6-15(9)2/h4,6H,3,5,7H2,1-2H3,(H,17,18). The first-order chi connectivity index (χ1) is 9.08. The van der Waals surface area contributed by atoms with Crippen molar-refractivity contribution in [3.8, 4) is 0 Å². The van der Waals surface area contributed by atoms with Gasteiger partial charge in [0.2, 0.25) is 0 Å². The number of carboxylic acid groups (broad SMARTS) is 1. The van der Waals surface area contributed by atoms with Crippen molar-refractivity contribution in [2.24, 2.45) is 7.05 Å². The Morgan fingerprint density at radius 2 is 2.26 bits per heavy atom. The van der Waals surface area contributed by atoms with E-state index in [0.29, 0.717) is 11.7 Å². The smallest absolute Gasteiger partial charge is 0.313 e. The topological polar surface area (TPSA) is 85.8 Å². The molecule has 0 aliphatic carbocycles. The van der Waals surface area contributed by atoms with E-state index in [2.05, 4.69) is 15.2 Å². The van der Waals surface area contributed by atoms with Gasteiger partial charge in [-0.1, -0.05) is 11.8 Å². The van der Waals surface area contributed by atoms with E-state index < -0.39 is 5.97 Å². The van der Waals surface area contributed by atoms with Crippen LogP contribution in [0.3, 0.4) is 0 Å². The maximum atomic E-state index is 10.6. The summed E-state index contributed by atoms with van der Waals surface area (Å²) in [5.74, 6) is 0.881. The number of carbonyl (C=O) groups is 1. The fraction of sp³-hybridized carbons (Fsp3) is 0.455. The molecule has 0 saturated carbocycles. The van der Waals surface area contributed by atoms with E-state index in [1.807, 2.05) is 29.3 Å². The van der Waals surface area contributed by atoms with Crippen LogP contribution >= 0.6 is 11.8 Å². The molecule has 0 aliphatic rings. The second-order valence-electron chi connectivity index (χ2n) is 4.07. The number of rotatable bonds is 6. The van der Waals surface area contributed by atoms with Gasteiger partial charge >= 0.3 is 5.97 Å². The average molecular weight is 281 g/mol. The van der Waals surface area contributed by atoms with Gasteiger partial charge in [0, 0.05) is 32.4 Å². The summed E-state index contributed by atoms with van der Waals surface area (Å²) in [5.41, 5.74) is 0. The van der Waals surface area contributed by atoms with E-state index in [0.717, 1.165) is 18.1 Å². The molecule has 1 N–H and O–H groups in total. The van der Waals surface area contributed by atoms with Crippen molar-refractivity contribution in [2.45, 2.75) is 25.0 Å². The van der Waals surface area contributed by atoms with Gasteiger partial charge in [-0.3, -0.25) is 4.79 Å². The third-order valence-corrected chi connectivity index (χ3v) is 3.66. The Bertz CT molecular complexity index is 577. The molecule has 0 aromatic carbocycles. The van der Waals surface area contributed by atoms with Gasteiger partial charge in [-0.25, -0.2) is 4.98 Å². The largest absolute Gasteiger partial charge is 0.481 e. The van der Waals surface area contributed by atoms with Gasteiger partial charge in [-0.05, 0) is 6.92 Å². The number of aliphatic carboxylic acids is 1. The summed E-state index contributed by atoms with van der Waals surface area (Å²) in [7, 11) is 1.95. The second-order valence-corrected chi connectivity index (χ2v) is 5.01. The van der Waals surface area contributed by atoms with Crippen LogP contribution < -0.4 is 0 Å². The molecule has 8 heteroatoms. The summed E-state index contributed by atoms with van der Waals surface area (Å²) in [6, 6.07) is 0. The SMILES string of the molecule is Cc1nnc(SCC(=O)O)n1CCc1nccn1C. The molecule has 0 aliphatic heterocycles. The summed E-state index contributed by atoms with van der Waals surface area (Å²) in [5, 5.41) is 17.3. The molecule has 0 spiro atoms. The fourth-order valence-corrected chi connectivity index (χ4v) is 2.43. The number of thioether (sulfide) groups is 1. The Hall–Kier alpha value is -1.83. The van der Waals surface area contributed by atoms with Crippen molar-refractivity contribution in [3.05, 3.63) is 24.0 Å². The molecule has 0 amide bonds. The van der Waals surface area contributed by atoms with Crippen LogP contribution in [-0.2, 0) is 24.8 Å². The molecule has 0 bridgehead atoms. The molecule has 2 aromatic rings. The number of nitrogens with zero attached hydrogens (tertiary/aromatic N) is 5. The van der Waals surface area contributed by atoms with Crippen LogP contribution in [0.1, 0.15) is 11.6 Å². The highest BCUT2D eigenvalue weighted by Crippen LogP contribution is 2.17. The van der Waals surface area contributed by atoms with Crippen molar-refractivity contribution < 1.29 is 9.90 Å². The summed E-state index contributed by atoms with van der Waals surface area (Å²) in [4.78, 5) is 14.8. The van der Waals surface area contributed by atoms with E-state index in [-0.39, 0.29) is 5.75 Å². The second kappa shape index (κ2) is 5.87. The Labute approximate surface area is 114 Å². The highest BCUT2D eigenvalue weighted by atomic mass is 32.2. The molecule has 2 rings (SSSR count). The lowest BCUT2D eigenvalue weighted by atomic mass is 10.4. The zero-order valence-corrected chi connectivity index (χ0v) is 11.6. The maximum Gasteiger partial charge on any atom is 0.313 e. The minimum atomic E-state index is -0.860. The number of aromatic nitrogens is 5. The first-order valence-electron chi connectivity index (χ1n) is 5.78. The van der Waals surface area contributed by atoms with Gasteiger partial charge < -0.3 is 14.2 Å². The molecule has 2 aromatic heterocycles. The third-order valence-electron chi connectivity index (χ3n) is 2.71. The van der Waals surface area contributed by atoms with Crippen LogP contribution in [0, 0.1) is 6.92 Å². The Morgan fingerprint density at radius 3 is 2.89 bits per heavy atom. The molecule has 0 atom stereocenters. The Kier molecular flexibility index (Phi) is 4.20. The maximum absolute atomic E-state index is 10.6. The van der Waals surface area contributed by atoms with Crippen LogP contribution in [-0.4, -0.2) is 41.1 Å². The molecule has 0 radical (unpaired) electrons. The zero-order chi connectivity index (χ0) is 13.8. The Balaban J connectivity index is 2.05. The van der Waals surface area contributed by atoms with Crippen molar-refractivity contribution in [2.75, 3.05) is 5.75 Å². The van der Waals surface area contributed by atoms with E-state index in [1.54, 1.807) is 6.20 Å². The summed E-state index contributed by atoms with van der Waals surface area (Å²) in [6.07, 6.45) is 4.41. The molecule has 0 unspecified atom stereocenters. The van der Waals surface area contributed by atoms with Gasteiger partial charge in [0.25, 0.3) is 0 Å². The van der Waals surface area contributed by atoms with Crippen LogP contribution in [0.25, 0.3) is 0 Å². The normalized spacial score (nSPS) is 10.8. The third kappa shape index (κ3) is 3.34. The van der Waals surface area contributed by atoms with Crippen molar-refractivity contribution in [1.82, 2.24) is 24.3 Å². The molecular formula is C11H15N5O2S. The molecule has 19 heavy (non-hydrogen) atoms. The van der Waals surface area contributed by atoms with Gasteiger partial charge in [-0.15, -0.1) is 10.2 Å². The van der Waals surface area contributed by atoms with Crippen molar-refractivity contribution in [3.63, 3.8) is 0 Å². The van der Waals surface area contributed by atoms with E-state index >= 15 is 0 Å². The highest BCUT2D eigenvalue weighted by Gasteiger charge is 2.11. The van der Waals surface area contributed by atoms with Crippen molar-refractivity contribution in [1.29, 1.82) is 0 Å². The number of hydrogen-bond donors (Lipinski definition) is 1.